The van der Waals surface area contributed by atoms with E-state index in [0.29, 0.717) is 24.7 Å². The summed E-state index contributed by atoms with van der Waals surface area (Å²) in [4.78, 5) is 14.3. The monoisotopic (exact) mass is 354 g/mol. The summed E-state index contributed by atoms with van der Waals surface area (Å²) in [6, 6.07) is 7.37. The van der Waals surface area contributed by atoms with Crippen molar-refractivity contribution in [2.75, 3.05) is 33.4 Å². The first-order valence-electron chi connectivity index (χ1n) is 8.46. The molecule has 0 radical (unpaired) electrons. The van der Waals surface area contributed by atoms with Gasteiger partial charge < -0.3 is 20.1 Å². The number of aliphatic hydroxyl groups is 1. The number of urea groups is 1. The average molecular weight is 355 g/mol. The molecule has 1 aliphatic rings. The third-order valence-electron chi connectivity index (χ3n) is 4.70. The molecule has 2 rings (SSSR count). The second-order valence-corrected chi connectivity index (χ2v) is 7.00. The molecule has 0 bridgehead atoms. The van der Waals surface area contributed by atoms with Gasteiger partial charge in [0.2, 0.25) is 0 Å². The Morgan fingerprint density at radius 3 is 2.83 bits per heavy atom. The summed E-state index contributed by atoms with van der Waals surface area (Å²) in [6.45, 7) is 2.60. The third-order valence-corrected chi connectivity index (χ3v) is 4.95. The Labute approximate surface area is 148 Å². The van der Waals surface area contributed by atoms with Crippen LogP contribution in [-0.4, -0.2) is 49.5 Å². The molecule has 1 heterocycles. The van der Waals surface area contributed by atoms with Crippen LogP contribution in [0.4, 0.5) is 4.79 Å². The van der Waals surface area contributed by atoms with E-state index >= 15 is 0 Å². The van der Waals surface area contributed by atoms with Gasteiger partial charge in [-0.1, -0.05) is 23.7 Å². The van der Waals surface area contributed by atoms with E-state index in [9.17, 15) is 9.90 Å². The molecule has 0 aromatic heterocycles. The zero-order chi connectivity index (χ0) is 17.4. The number of halogens is 1. The van der Waals surface area contributed by atoms with Crippen LogP contribution in [0.2, 0.25) is 5.02 Å². The minimum atomic E-state index is -0.200. The lowest BCUT2D eigenvalue weighted by atomic mass is 9.77. The van der Waals surface area contributed by atoms with Crippen LogP contribution in [0.1, 0.15) is 31.2 Å². The van der Waals surface area contributed by atoms with E-state index in [-0.39, 0.29) is 18.1 Å². The second kappa shape index (κ2) is 9.25. The maximum absolute atomic E-state index is 12.5. The van der Waals surface area contributed by atoms with E-state index in [4.69, 9.17) is 16.3 Å². The quantitative estimate of drug-likeness (QED) is 0.740. The molecule has 1 fully saturated rings. The number of piperidine rings is 1. The molecule has 0 spiro atoms. The van der Waals surface area contributed by atoms with Crippen LogP contribution < -0.4 is 5.32 Å². The minimum absolute atomic E-state index is 0.0748. The third kappa shape index (κ3) is 5.36. The number of ether oxygens (including phenoxy) is 1. The number of carbonyl (C=O) groups is 1. The van der Waals surface area contributed by atoms with E-state index < -0.39 is 0 Å². The highest BCUT2D eigenvalue weighted by molar-refractivity contribution is 6.30. The summed E-state index contributed by atoms with van der Waals surface area (Å²) in [5.41, 5.74) is 0.812. The Kier molecular flexibility index (Phi) is 7.34. The van der Waals surface area contributed by atoms with Crippen LogP contribution in [0.3, 0.4) is 0 Å². The number of amides is 2. The van der Waals surface area contributed by atoms with Crippen LogP contribution in [0, 0.1) is 5.41 Å². The maximum Gasteiger partial charge on any atom is 0.317 e. The number of aliphatic hydroxyl groups excluding tert-OH is 1. The summed E-state index contributed by atoms with van der Waals surface area (Å²) in [5.74, 6) is 0. The number of rotatable bonds is 7. The van der Waals surface area contributed by atoms with E-state index in [0.717, 1.165) is 37.8 Å². The zero-order valence-corrected chi connectivity index (χ0v) is 15.0. The molecule has 5 nitrogen and oxygen atoms in total. The van der Waals surface area contributed by atoms with E-state index in [2.05, 4.69) is 5.32 Å². The van der Waals surface area contributed by atoms with Gasteiger partial charge in [0.1, 0.15) is 0 Å². The summed E-state index contributed by atoms with van der Waals surface area (Å²) in [6.07, 6.45) is 3.64. The SMILES string of the molecule is COCCC[C@@]1(CO)CCCN(C(=O)NCc2ccc(Cl)cc2)C1. The van der Waals surface area contributed by atoms with Crippen LogP contribution >= 0.6 is 11.6 Å². The van der Waals surface area contributed by atoms with Crippen molar-refractivity contribution in [3.63, 3.8) is 0 Å². The number of methoxy groups -OCH3 is 1. The molecule has 0 saturated carbocycles. The van der Waals surface area contributed by atoms with Gasteiger partial charge in [-0.25, -0.2) is 4.79 Å². The van der Waals surface area contributed by atoms with Gasteiger partial charge in [0.05, 0.1) is 6.61 Å². The molecule has 1 aliphatic heterocycles. The molecular weight excluding hydrogens is 328 g/mol. The number of hydrogen-bond acceptors (Lipinski definition) is 3. The fourth-order valence-electron chi connectivity index (χ4n) is 3.28. The molecule has 134 valence electrons. The van der Waals surface area contributed by atoms with Crippen molar-refractivity contribution in [1.29, 1.82) is 0 Å². The van der Waals surface area contributed by atoms with Gasteiger partial charge in [-0.15, -0.1) is 0 Å². The number of benzene rings is 1. The number of carbonyl (C=O) groups excluding carboxylic acids is 1. The topological polar surface area (TPSA) is 61.8 Å². The predicted molar refractivity (Wildman–Crippen MR) is 95.1 cm³/mol. The van der Waals surface area contributed by atoms with Gasteiger partial charge in [0.25, 0.3) is 0 Å². The normalized spacial score (nSPS) is 20.9. The summed E-state index contributed by atoms with van der Waals surface area (Å²) in [7, 11) is 1.68. The molecule has 2 amide bonds. The van der Waals surface area contributed by atoms with E-state index in [1.807, 2.05) is 29.2 Å². The van der Waals surface area contributed by atoms with Crippen molar-refractivity contribution in [2.24, 2.45) is 5.41 Å². The van der Waals surface area contributed by atoms with E-state index in [1.54, 1.807) is 7.11 Å². The standard InChI is InChI=1S/C18H27ClN2O3/c1-24-11-3-9-18(14-22)8-2-10-21(13-18)17(23)20-12-15-4-6-16(19)7-5-15/h4-7,22H,2-3,8-14H2,1H3,(H,20,23)/t18-/m0/s1. The smallest absolute Gasteiger partial charge is 0.317 e. The average Bonchev–Trinajstić information content (AvgIpc) is 2.61. The Morgan fingerprint density at radius 1 is 1.42 bits per heavy atom. The summed E-state index contributed by atoms with van der Waals surface area (Å²) >= 11 is 5.87. The lowest BCUT2D eigenvalue weighted by molar-refractivity contribution is 0.0327. The van der Waals surface area contributed by atoms with Crippen LogP contribution in [0.15, 0.2) is 24.3 Å². The molecule has 0 aliphatic carbocycles. The van der Waals surface area contributed by atoms with Crippen molar-refractivity contribution < 1.29 is 14.6 Å². The van der Waals surface area contributed by atoms with Gasteiger partial charge in [-0.05, 0) is 43.4 Å². The highest BCUT2D eigenvalue weighted by Crippen LogP contribution is 2.34. The number of likely N-dealkylation sites (tertiary alicyclic amines) is 1. The van der Waals surface area contributed by atoms with Gasteiger partial charge in [0, 0.05) is 43.8 Å². The predicted octanol–water partition coefficient (Wildman–Crippen LogP) is 3.05. The molecular formula is C18H27ClN2O3. The molecule has 2 N–H and O–H groups in total. The second-order valence-electron chi connectivity index (χ2n) is 6.56. The summed E-state index contributed by atoms with van der Waals surface area (Å²) < 4.78 is 5.11. The van der Waals surface area contributed by atoms with Gasteiger partial charge >= 0.3 is 6.03 Å². The first kappa shape index (κ1) is 19.0. The molecule has 6 heteroatoms. The van der Waals surface area contributed by atoms with Crippen LogP contribution in [0.25, 0.3) is 0 Å². The molecule has 1 aromatic rings. The molecule has 0 unspecified atom stereocenters. The van der Waals surface area contributed by atoms with E-state index in [1.165, 1.54) is 0 Å². The van der Waals surface area contributed by atoms with Crippen LogP contribution in [0.5, 0.6) is 0 Å². The summed E-state index contributed by atoms with van der Waals surface area (Å²) in [5, 5.41) is 13.5. The Hall–Kier alpha value is -1.30. The fraction of sp³-hybridized carbons (Fsp3) is 0.611. The van der Waals surface area contributed by atoms with Gasteiger partial charge in [-0.3, -0.25) is 0 Å². The molecule has 1 atom stereocenters. The lowest BCUT2D eigenvalue weighted by Crippen LogP contribution is -2.51. The zero-order valence-electron chi connectivity index (χ0n) is 14.3. The molecule has 1 aromatic carbocycles. The Balaban J connectivity index is 1.87. The van der Waals surface area contributed by atoms with Gasteiger partial charge in [0.15, 0.2) is 0 Å². The molecule has 1 saturated heterocycles. The van der Waals surface area contributed by atoms with Crippen molar-refractivity contribution in [1.82, 2.24) is 10.2 Å². The number of nitrogens with one attached hydrogen (secondary N) is 1. The Bertz CT molecular complexity index is 524. The van der Waals surface area contributed by atoms with Gasteiger partial charge in [-0.2, -0.15) is 0 Å². The highest BCUT2D eigenvalue weighted by atomic mass is 35.5. The van der Waals surface area contributed by atoms with Crippen LogP contribution in [-0.2, 0) is 11.3 Å². The van der Waals surface area contributed by atoms with Crippen molar-refractivity contribution in [2.45, 2.75) is 32.2 Å². The first-order chi connectivity index (χ1) is 11.6. The largest absolute Gasteiger partial charge is 0.396 e. The first-order valence-corrected chi connectivity index (χ1v) is 8.83. The molecule has 24 heavy (non-hydrogen) atoms. The minimum Gasteiger partial charge on any atom is -0.396 e. The van der Waals surface area contributed by atoms with Crippen molar-refractivity contribution in [3.8, 4) is 0 Å². The number of hydrogen-bond donors (Lipinski definition) is 2. The van der Waals surface area contributed by atoms with Crippen molar-refractivity contribution >= 4 is 17.6 Å². The number of nitrogens with zero attached hydrogens (tertiary/aromatic N) is 1. The highest BCUT2D eigenvalue weighted by Gasteiger charge is 2.36. The fourth-order valence-corrected chi connectivity index (χ4v) is 3.40. The maximum atomic E-state index is 12.5. The van der Waals surface area contributed by atoms with Crippen molar-refractivity contribution in [3.05, 3.63) is 34.9 Å². The Morgan fingerprint density at radius 2 is 2.17 bits per heavy atom. The lowest BCUT2D eigenvalue weighted by Gasteiger charge is -2.42.